The topological polar surface area (TPSA) is 50.6 Å². The van der Waals surface area contributed by atoms with Gasteiger partial charge in [-0.25, -0.2) is 13.5 Å². The van der Waals surface area contributed by atoms with Crippen molar-refractivity contribution in [3.05, 3.63) is 71.4 Å². The molecule has 0 aliphatic carbocycles. The van der Waals surface area contributed by atoms with Crippen molar-refractivity contribution in [1.29, 1.82) is 0 Å². The number of carbonyl (C=O) groups excluding carboxylic acids is 1. The lowest BCUT2D eigenvalue weighted by Crippen LogP contribution is -2.48. The molecule has 1 aliphatic heterocycles. The first kappa shape index (κ1) is 22.9. The third kappa shape index (κ3) is 5.22. The Labute approximate surface area is 192 Å². The number of amides is 1. The molecular weight excluding hydrogens is 426 g/mol. The van der Waals surface area contributed by atoms with Crippen molar-refractivity contribution in [3.8, 4) is 17.3 Å². The maximum atomic E-state index is 14.4. The Morgan fingerprint density at radius 3 is 2.45 bits per heavy atom. The summed E-state index contributed by atoms with van der Waals surface area (Å²) < 4.78 is 35.3. The lowest BCUT2D eigenvalue weighted by molar-refractivity contribution is -0.132. The standard InChI is InChI=1S/C25H28F2N4O2/c1-3-29-13-15-30(16-14-29)24(32)12-10-21-18(2)28-31(20-7-5-4-6-8-20)25(21)33-23-11-9-19(26)17-22(23)27/h4-9,11,17H,3,10,12-16H2,1-2H3. The predicted molar refractivity (Wildman–Crippen MR) is 122 cm³/mol. The van der Waals surface area contributed by atoms with Crippen LogP contribution in [0.15, 0.2) is 48.5 Å². The van der Waals surface area contributed by atoms with E-state index in [-0.39, 0.29) is 11.7 Å². The summed E-state index contributed by atoms with van der Waals surface area (Å²) in [5, 5.41) is 4.60. The van der Waals surface area contributed by atoms with Gasteiger partial charge in [0, 0.05) is 44.2 Å². The van der Waals surface area contributed by atoms with Crippen LogP contribution >= 0.6 is 0 Å². The lowest BCUT2D eigenvalue weighted by atomic mass is 10.1. The number of piperazine rings is 1. The molecule has 6 nitrogen and oxygen atoms in total. The summed E-state index contributed by atoms with van der Waals surface area (Å²) >= 11 is 0. The van der Waals surface area contributed by atoms with Gasteiger partial charge in [0.15, 0.2) is 11.6 Å². The zero-order valence-electron chi connectivity index (χ0n) is 18.9. The van der Waals surface area contributed by atoms with E-state index in [4.69, 9.17) is 4.74 Å². The first-order chi connectivity index (χ1) is 16.0. The molecule has 0 saturated carbocycles. The first-order valence-corrected chi connectivity index (χ1v) is 11.2. The van der Waals surface area contributed by atoms with Gasteiger partial charge in [0.05, 0.1) is 11.4 Å². The van der Waals surface area contributed by atoms with Crippen LogP contribution in [0.2, 0.25) is 0 Å². The fourth-order valence-corrected chi connectivity index (χ4v) is 4.04. The Morgan fingerprint density at radius 1 is 1.06 bits per heavy atom. The molecule has 2 aromatic carbocycles. The molecular formula is C25H28F2N4O2. The number of aryl methyl sites for hydroxylation is 1. The summed E-state index contributed by atoms with van der Waals surface area (Å²) in [6.07, 6.45) is 0.708. The molecule has 0 spiro atoms. The smallest absolute Gasteiger partial charge is 0.226 e. The number of hydrogen-bond acceptors (Lipinski definition) is 4. The summed E-state index contributed by atoms with van der Waals surface area (Å²) in [5.74, 6) is -1.17. The molecule has 1 fully saturated rings. The third-order valence-electron chi connectivity index (χ3n) is 6.00. The maximum Gasteiger partial charge on any atom is 0.226 e. The molecule has 8 heteroatoms. The second-order valence-electron chi connectivity index (χ2n) is 8.11. The number of halogens is 2. The van der Waals surface area contributed by atoms with Gasteiger partial charge in [0.1, 0.15) is 5.82 Å². The Hall–Kier alpha value is -3.26. The van der Waals surface area contributed by atoms with Gasteiger partial charge < -0.3 is 14.5 Å². The molecule has 2 heterocycles. The highest BCUT2D eigenvalue weighted by molar-refractivity contribution is 5.76. The van der Waals surface area contributed by atoms with Crippen LogP contribution < -0.4 is 4.74 Å². The van der Waals surface area contributed by atoms with Crippen molar-refractivity contribution < 1.29 is 18.3 Å². The van der Waals surface area contributed by atoms with Crippen LogP contribution in [-0.2, 0) is 11.2 Å². The average molecular weight is 455 g/mol. The molecule has 174 valence electrons. The SMILES string of the molecule is CCN1CCN(C(=O)CCc2c(C)nn(-c3ccccc3)c2Oc2ccc(F)cc2F)CC1. The summed E-state index contributed by atoms with van der Waals surface area (Å²) in [4.78, 5) is 17.1. The number of nitrogens with zero attached hydrogens (tertiary/aromatic N) is 4. The van der Waals surface area contributed by atoms with E-state index in [9.17, 15) is 13.6 Å². The van der Waals surface area contributed by atoms with Crippen LogP contribution in [0.5, 0.6) is 11.6 Å². The third-order valence-corrected chi connectivity index (χ3v) is 6.00. The second kappa shape index (κ2) is 10.1. The largest absolute Gasteiger partial charge is 0.436 e. The first-order valence-electron chi connectivity index (χ1n) is 11.2. The maximum absolute atomic E-state index is 14.4. The van der Waals surface area contributed by atoms with Gasteiger partial charge in [-0.1, -0.05) is 25.1 Å². The minimum Gasteiger partial charge on any atom is -0.436 e. The van der Waals surface area contributed by atoms with Gasteiger partial charge in [-0.3, -0.25) is 4.79 Å². The zero-order valence-corrected chi connectivity index (χ0v) is 18.9. The van der Waals surface area contributed by atoms with Crippen LogP contribution in [0.1, 0.15) is 24.6 Å². The van der Waals surface area contributed by atoms with Crippen LogP contribution in [0.25, 0.3) is 5.69 Å². The Bertz CT molecular complexity index is 1110. The molecule has 0 radical (unpaired) electrons. The number of benzene rings is 2. The molecule has 0 N–H and O–H groups in total. The highest BCUT2D eigenvalue weighted by Gasteiger charge is 2.24. The number of para-hydroxylation sites is 1. The molecule has 1 saturated heterocycles. The average Bonchev–Trinajstić information content (AvgIpc) is 3.14. The monoisotopic (exact) mass is 454 g/mol. The van der Waals surface area contributed by atoms with Crippen molar-refractivity contribution >= 4 is 5.91 Å². The molecule has 1 amide bonds. The van der Waals surface area contributed by atoms with Crippen molar-refractivity contribution in [1.82, 2.24) is 19.6 Å². The number of likely N-dealkylation sites (N-methyl/N-ethyl adjacent to an activating group) is 1. The van der Waals surface area contributed by atoms with Crippen LogP contribution in [0.3, 0.4) is 0 Å². The molecule has 3 aromatic rings. The Kier molecular flexibility index (Phi) is 7.03. The van der Waals surface area contributed by atoms with Crippen molar-refractivity contribution in [2.75, 3.05) is 32.7 Å². The van der Waals surface area contributed by atoms with Gasteiger partial charge in [-0.15, -0.1) is 0 Å². The van der Waals surface area contributed by atoms with Crippen molar-refractivity contribution in [2.45, 2.75) is 26.7 Å². The molecule has 4 rings (SSSR count). The van der Waals surface area contributed by atoms with Crippen LogP contribution in [0.4, 0.5) is 8.78 Å². The van der Waals surface area contributed by atoms with E-state index in [2.05, 4.69) is 16.9 Å². The van der Waals surface area contributed by atoms with E-state index >= 15 is 0 Å². The number of carbonyl (C=O) groups is 1. The lowest BCUT2D eigenvalue weighted by Gasteiger charge is -2.34. The summed E-state index contributed by atoms with van der Waals surface area (Å²) in [6.45, 7) is 8.15. The fourth-order valence-electron chi connectivity index (χ4n) is 4.04. The van der Waals surface area contributed by atoms with Crippen LogP contribution in [-0.4, -0.2) is 58.2 Å². The van der Waals surface area contributed by atoms with E-state index < -0.39 is 11.6 Å². The Morgan fingerprint density at radius 2 is 1.79 bits per heavy atom. The summed E-state index contributed by atoms with van der Waals surface area (Å²) in [5.41, 5.74) is 2.16. The minimum atomic E-state index is -0.802. The fraction of sp³-hybridized carbons (Fsp3) is 0.360. The van der Waals surface area contributed by atoms with E-state index in [0.29, 0.717) is 24.4 Å². The number of aromatic nitrogens is 2. The van der Waals surface area contributed by atoms with E-state index in [0.717, 1.165) is 56.1 Å². The zero-order chi connectivity index (χ0) is 23.4. The number of rotatable bonds is 7. The number of hydrogen-bond donors (Lipinski definition) is 0. The van der Waals surface area contributed by atoms with Gasteiger partial charge in [-0.05, 0) is 44.2 Å². The molecule has 1 aliphatic rings. The van der Waals surface area contributed by atoms with E-state index in [1.54, 1.807) is 4.68 Å². The normalized spacial score (nSPS) is 14.5. The van der Waals surface area contributed by atoms with Gasteiger partial charge in [0.25, 0.3) is 0 Å². The minimum absolute atomic E-state index is 0.0801. The molecule has 33 heavy (non-hydrogen) atoms. The summed E-state index contributed by atoms with van der Waals surface area (Å²) in [6, 6.07) is 12.5. The van der Waals surface area contributed by atoms with Gasteiger partial charge in [0.2, 0.25) is 11.8 Å². The Balaban J connectivity index is 1.59. The quantitative estimate of drug-likeness (QED) is 0.533. The predicted octanol–water partition coefficient (Wildman–Crippen LogP) is 4.35. The van der Waals surface area contributed by atoms with Crippen LogP contribution in [0, 0.1) is 18.6 Å². The highest BCUT2D eigenvalue weighted by Crippen LogP contribution is 2.33. The second-order valence-corrected chi connectivity index (χ2v) is 8.11. The number of ether oxygens (including phenoxy) is 1. The van der Waals surface area contributed by atoms with E-state index in [1.165, 1.54) is 6.07 Å². The van der Waals surface area contributed by atoms with Gasteiger partial charge in [-0.2, -0.15) is 5.10 Å². The summed E-state index contributed by atoms with van der Waals surface area (Å²) in [7, 11) is 0. The molecule has 0 atom stereocenters. The molecule has 0 bridgehead atoms. The molecule has 0 unspecified atom stereocenters. The highest BCUT2D eigenvalue weighted by atomic mass is 19.1. The van der Waals surface area contributed by atoms with E-state index in [1.807, 2.05) is 42.2 Å². The molecule has 1 aromatic heterocycles. The van der Waals surface area contributed by atoms with Gasteiger partial charge >= 0.3 is 0 Å². The van der Waals surface area contributed by atoms with Crippen molar-refractivity contribution in [2.24, 2.45) is 0 Å². The van der Waals surface area contributed by atoms with Crippen molar-refractivity contribution in [3.63, 3.8) is 0 Å².